The van der Waals surface area contributed by atoms with Gasteiger partial charge in [-0.25, -0.2) is 0 Å². The molecule has 20 heavy (non-hydrogen) atoms. The molecule has 2 atom stereocenters. The molecule has 1 aliphatic carbocycles. The Hall–Kier alpha value is -0.390. The monoisotopic (exact) mass is 343 g/mol. The van der Waals surface area contributed by atoms with Gasteiger partial charge in [0.05, 0.1) is 29.5 Å². The number of nitrogens with zero attached hydrogens (tertiary/aromatic N) is 2. The molecule has 0 amide bonds. The predicted octanol–water partition coefficient (Wildman–Crippen LogP) is 3.32. The molecule has 1 heterocycles. The largest absolute Gasteiger partial charge is 0.383 e. The molecule has 0 aromatic carbocycles. The molecule has 114 valence electrons. The smallest absolute Gasteiger partial charge is 0.0658 e. The minimum absolute atomic E-state index is 0.559. The van der Waals surface area contributed by atoms with Crippen LogP contribution in [0.25, 0.3) is 0 Å². The van der Waals surface area contributed by atoms with Crippen molar-refractivity contribution in [2.45, 2.75) is 57.5 Å². The molecule has 1 aromatic rings. The maximum Gasteiger partial charge on any atom is 0.0658 e. The zero-order chi connectivity index (χ0) is 14.4. The Kier molecular flexibility index (Phi) is 6.52. The lowest BCUT2D eigenvalue weighted by molar-refractivity contribution is 0.180. The summed E-state index contributed by atoms with van der Waals surface area (Å²) in [7, 11) is 1.74. The normalized spacial score (nSPS) is 23.1. The molecular formula is C15H26BrN3O. The van der Waals surface area contributed by atoms with Crippen LogP contribution in [-0.4, -0.2) is 36.1 Å². The second-order valence-electron chi connectivity index (χ2n) is 5.55. The van der Waals surface area contributed by atoms with Gasteiger partial charge in [0, 0.05) is 19.1 Å². The summed E-state index contributed by atoms with van der Waals surface area (Å²) in [5.74, 6) is 0.559. The Bertz CT molecular complexity index is 408. The number of nitrogens with one attached hydrogen (secondary N) is 1. The third kappa shape index (κ3) is 3.83. The van der Waals surface area contributed by atoms with E-state index in [1.165, 1.54) is 37.8 Å². The van der Waals surface area contributed by atoms with E-state index in [-0.39, 0.29) is 0 Å². The van der Waals surface area contributed by atoms with Gasteiger partial charge in [-0.15, -0.1) is 0 Å². The van der Waals surface area contributed by atoms with Crippen LogP contribution in [0.1, 0.15) is 50.6 Å². The highest BCUT2D eigenvalue weighted by molar-refractivity contribution is 9.10. The second-order valence-corrected chi connectivity index (χ2v) is 6.40. The van der Waals surface area contributed by atoms with Crippen LogP contribution in [0.4, 0.5) is 0 Å². The zero-order valence-electron chi connectivity index (χ0n) is 12.6. The summed E-state index contributed by atoms with van der Waals surface area (Å²) >= 11 is 3.69. The predicted molar refractivity (Wildman–Crippen MR) is 85.1 cm³/mol. The highest BCUT2D eigenvalue weighted by Crippen LogP contribution is 2.36. The highest BCUT2D eigenvalue weighted by atomic mass is 79.9. The number of ether oxygens (including phenoxy) is 1. The lowest BCUT2D eigenvalue weighted by Gasteiger charge is -2.33. The first-order valence-electron chi connectivity index (χ1n) is 7.71. The SMILES string of the molecule is CCCNC1CCCCC1c1c(Br)cnn1CCOC. The lowest BCUT2D eigenvalue weighted by Crippen LogP contribution is -2.38. The minimum Gasteiger partial charge on any atom is -0.383 e. The standard InChI is InChI=1S/C15H26BrN3O/c1-3-8-17-14-7-5-4-6-12(14)15-13(16)11-18-19(15)9-10-20-2/h11-12,14,17H,3-10H2,1-2H3. The van der Waals surface area contributed by atoms with E-state index >= 15 is 0 Å². The maximum absolute atomic E-state index is 5.20. The second kappa shape index (κ2) is 8.15. The molecule has 1 aliphatic rings. The number of hydrogen-bond donors (Lipinski definition) is 1. The summed E-state index contributed by atoms with van der Waals surface area (Å²) in [5.41, 5.74) is 1.34. The summed E-state index contributed by atoms with van der Waals surface area (Å²) in [6.45, 7) is 4.86. The highest BCUT2D eigenvalue weighted by Gasteiger charge is 2.30. The number of rotatable bonds is 7. The molecule has 0 radical (unpaired) electrons. The van der Waals surface area contributed by atoms with Crippen LogP contribution < -0.4 is 5.32 Å². The number of aromatic nitrogens is 2. The summed E-state index contributed by atoms with van der Waals surface area (Å²) in [4.78, 5) is 0. The van der Waals surface area contributed by atoms with Crippen molar-refractivity contribution in [3.05, 3.63) is 16.4 Å². The van der Waals surface area contributed by atoms with Gasteiger partial charge in [0.25, 0.3) is 0 Å². The van der Waals surface area contributed by atoms with Gasteiger partial charge >= 0.3 is 0 Å². The Morgan fingerprint density at radius 2 is 2.25 bits per heavy atom. The van der Waals surface area contributed by atoms with E-state index in [9.17, 15) is 0 Å². The van der Waals surface area contributed by atoms with Crippen molar-refractivity contribution in [3.63, 3.8) is 0 Å². The van der Waals surface area contributed by atoms with Gasteiger partial charge < -0.3 is 10.1 Å². The van der Waals surface area contributed by atoms with Gasteiger partial charge in [-0.2, -0.15) is 5.10 Å². The molecule has 2 unspecified atom stereocenters. The fourth-order valence-corrected chi connectivity index (χ4v) is 3.72. The third-order valence-corrected chi connectivity index (χ3v) is 4.73. The zero-order valence-corrected chi connectivity index (χ0v) is 14.2. The number of hydrogen-bond acceptors (Lipinski definition) is 3. The molecule has 1 fully saturated rings. The molecule has 4 nitrogen and oxygen atoms in total. The molecule has 1 N–H and O–H groups in total. The summed E-state index contributed by atoms with van der Waals surface area (Å²) in [6.07, 6.45) is 8.29. The van der Waals surface area contributed by atoms with E-state index in [0.717, 1.165) is 17.6 Å². The van der Waals surface area contributed by atoms with Gasteiger partial charge in [-0.05, 0) is 41.7 Å². The molecule has 0 spiro atoms. The first-order chi connectivity index (χ1) is 9.77. The first-order valence-corrected chi connectivity index (χ1v) is 8.50. The van der Waals surface area contributed by atoms with Crippen LogP contribution in [0.2, 0.25) is 0 Å². The molecule has 1 saturated carbocycles. The first kappa shape index (κ1) is 16.0. The fourth-order valence-electron chi connectivity index (χ4n) is 3.13. The van der Waals surface area contributed by atoms with Crippen molar-refractivity contribution in [1.82, 2.24) is 15.1 Å². The van der Waals surface area contributed by atoms with Crippen LogP contribution >= 0.6 is 15.9 Å². The van der Waals surface area contributed by atoms with Gasteiger partial charge in [0.15, 0.2) is 0 Å². The Balaban J connectivity index is 2.15. The van der Waals surface area contributed by atoms with Crippen LogP contribution in [-0.2, 0) is 11.3 Å². The van der Waals surface area contributed by atoms with E-state index in [1.54, 1.807) is 7.11 Å². The fraction of sp³-hybridized carbons (Fsp3) is 0.800. The van der Waals surface area contributed by atoms with Crippen LogP contribution in [0, 0.1) is 0 Å². The quantitative estimate of drug-likeness (QED) is 0.825. The third-order valence-electron chi connectivity index (χ3n) is 4.11. The summed E-state index contributed by atoms with van der Waals surface area (Å²) in [5, 5.41) is 8.23. The van der Waals surface area contributed by atoms with Crippen molar-refractivity contribution in [2.75, 3.05) is 20.3 Å². The van der Waals surface area contributed by atoms with Crippen molar-refractivity contribution in [2.24, 2.45) is 0 Å². The number of methoxy groups -OCH3 is 1. The van der Waals surface area contributed by atoms with Crippen LogP contribution in [0.15, 0.2) is 10.7 Å². The molecule has 2 rings (SSSR count). The van der Waals surface area contributed by atoms with Gasteiger partial charge in [-0.3, -0.25) is 4.68 Å². The average molecular weight is 344 g/mol. The van der Waals surface area contributed by atoms with Crippen molar-refractivity contribution >= 4 is 15.9 Å². The molecular weight excluding hydrogens is 318 g/mol. The van der Waals surface area contributed by atoms with E-state index in [4.69, 9.17) is 4.74 Å². The molecule has 1 aromatic heterocycles. The van der Waals surface area contributed by atoms with Crippen molar-refractivity contribution in [3.8, 4) is 0 Å². The molecule has 0 saturated heterocycles. The van der Waals surface area contributed by atoms with Crippen molar-refractivity contribution in [1.29, 1.82) is 0 Å². The minimum atomic E-state index is 0.559. The lowest BCUT2D eigenvalue weighted by atomic mass is 9.82. The topological polar surface area (TPSA) is 39.1 Å². The molecule has 5 heteroatoms. The van der Waals surface area contributed by atoms with Crippen LogP contribution in [0.5, 0.6) is 0 Å². The van der Waals surface area contributed by atoms with Gasteiger partial charge in [-0.1, -0.05) is 19.8 Å². The maximum atomic E-state index is 5.20. The van der Waals surface area contributed by atoms with Gasteiger partial charge in [0.2, 0.25) is 0 Å². The van der Waals surface area contributed by atoms with Gasteiger partial charge in [0.1, 0.15) is 0 Å². The molecule has 0 aliphatic heterocycles. The summed E-state index contributed by atoms with van der Waals surface area (Å²) in [6, 6.07) is 0.581. The Morgan fingerprint density at radius 1 is 1.45 bits per heavy atom. The van der Waals surface area contributed by atoms with E-state index in [1.807, 2.05) is 6.20 Å². The van der Waals surface area contributed by atoms with E-state index in [0.29, 0.717) is 18.6 Å². The Morgan fingerprint density at radius 3 is 3.00 bits per heavy atom. The number of halogens is 1. The van der Waals surface area contributed by atoms with E-state index < -0.39 is 0 Å². The molecule has 0 bridgehead atoms. The summed E-state index contributed by atoms with van der Waals surface area (Å²) < 4.78 is 8.46. The van der Waals surface area contributed by atoms with Crippen molar-refractivity contribution < 1.29 is 4.74 Å². The average Bonchev–Trinajstić information content (AvgIpc) is 2.84. The van der Waals surface area contributed by atoms with Crippen LogP contribution in [0.3, 0.4) is 0 Å². The Labute approximate surface area is 130 Å². The van der Waals surface area contributed by atoms with E-state index in [2.05, 4.69) is 38.0 Å².